The highest BCUT2D eigenvalue weighted by atomic mass is 79.9. The predicted octanol–water partition coefficient (Wildman–Crippen LogP) is 2.33. The molecule has 2 N–H and O–H groups in total. The van der Waals surface area contributed by atoms with Gasteiger partial charge in [0.25, 0.3) is 0 Å². The molecule has 2 rings (SSSR count). The minimum absolute atomic E-state index is 0. The van der Waals surface area contributed by atoms with E-state index in [4.69, 9.17) is 5.73 Å². The van der Waals surface area contributed by atoms with Crippen molar-refractivity contribution in [2.75, 3.05) is 0 Å². The molecule has 0 amide bonds. The van der Waals surface area contributed by atoms with E-state index in [0.717, 1.165) is 28.4 Å². The van der Waals surface area contributed by atoms with Gasteiger partial charge in [0.15, 0.2) is 5.78 Å². The first-order valence-corrected chi connectivity index (χ1v) is 5.06. The molecule has 14 heavy (non-hydrogen) atoms. The fourth-order valence-corrected chi connectivity index (χ4v) is 2.06. The Morgan fingerprint density at radius 1 is 1.43 bits per heavy atom. The summed E-state index contributed by atoms with van der Waals surface area (Å²) in [4.78, 5) is 11.6. The van der Waals surface area contributed by atoms with Crippen molar-refractivity contribution in [2.24, 2.45) is 5.73 Å². The van der Waals surface area contributed by atoms with E-state index >= 15 is 0 Å². The van der Waals surface area contributed by atoms with Gasteiger partial charge < -0.3 is 5.73 Å². The van der Waals surface area contributed by atoms with E-state index in [0.29, 0.717) is 0 Å². The Bertz CT molecular complexity index is 367. The zero-order valence-electron chi connectivity index (χ0n) is 7.50. The molecule has 0 saturated carbocycles. The highest BCUT2D eigenvalue weighted by Crippen LogP contribution is 2.23. The van der Waals surface area contributed by atoms with Gasteiger partial charge >= 0.3 is 0 Å². The van der Waals surface area contributed by atoms with Crippen molar-refractivity contribution < 1.29 is 4.79 Å². The highest BCUT2D eigenvalue weighted by Gasteiger charge is 2.23. The Kier molecular flexibility index (Phi) is 3.70. The lowest BCUT2D eigenvalue weighted by Crippen LogP contribution is -2.35. The van der Waals surface area contributed by atoms with Crippen LogP contribution in [0.3, 0.4) is 0 Å². The maximum Gasteiger partial charge on any atom is 0.179 e. The molecule has 1 aliphatic carbocycles. The van der Waals surface area contributed by atoms with Crippen LogP contribution in [0.5, 0.6) is 0 Å². The van der Waals surface area contributed by atoms with Crippen molar-refractivity contribution in [2.45, 2.75) is 18.9 Å². The molecule has 0 aliphatic heterocycles. The molecule has 1 aromatic rings. The summed E-state index contributed by atoms with van der Waals surface area (Å²) in [6, 6.07) is 5.43. The average Bonchev–Trinajstić information content (AvgIpc) is 2.12. The van der Waals surface area contributed by atoms with Crippen LogP contribution < -0.4 is 5.73 Å². The minimum atomic E-state index is -0.298. The summed E-state index contributed by atoms with van der Waals surface area (Å²) in [6.45, 7) is 0. The summed E-state index contributed by atoms with van der Waals surface area (Å²) in [7, 11) is 0. The zero-order chi connectivity index (χ0) is 9.42. The van der Waals surface area contributed by atoms with Gasteiger partial charge in [0.1, 0.15) is 0 Å². The molecule has 1 aliphatic rings. The van der Waals surface area contributed by atoms with E-state index < -0.39 is 0 Å². The van der Waals surface area contributed by atoms with Crippen LogP contribution in [-0.4, -0.2) is 11.8 Å². The summed E-state index contributed by atoms with van der Waals surface area (Å²) in [6.07, 6.45) is 1.67. The molecule has 1 aromatic carbocycles. The highest BCUT2D eigenvalue weighted by molar-refractivity contribution is 9.10. The van der Waals surface area contributed by atoms with Crippen LogP contribution in [0.25, 0.3) is 0 Å². The fraction of sp³-hybridized carbons (Fsp3) is 0.300. The monoisotopic (exact) mass is 275 g/mol. The second-order valence-electron chi connectivity index (χ2n) is 3.31. The Morgan fingerprint density at radius 2 is 2.14 bits per heavy atom. The van der Waals surface area contributed by atoms with Crippen molar-refractivity contribution in [3.05, 3.63) is 33.8 Å². The maximum atomic E-state index is 11.6. The summed E-state index contributed by atoms with van der Waals surface area (Å²) in [5, 5.41) is 0. The first-order valence-electron chi connectivity index (χ1n) is 4.26. The molecule has 0 heterocycles. The van der Waals surface area contributed by atoms with E-state index in [-0.39, 0.29) is 24.2 Å². The Balaban J connectivity index is 0.000000980. The number of fused-ring (bicyclic) bond motifs is 1. The molecule has 1 atom stereocenters. The topological polar surface area (TPSA) is 43.1 Å². The smallest absolute Gasteiger partial charge is 0.179 e. The number of hydrogen-bond donors (Lipinski definition) is 1. The first-order chi connectivity index (χ1) is 6.18. The standard InChI is InChI=1S/C10H10BrNO.ClH/c11-7-2-3-8-6(5-7)1-4-9(12)10(8)13;/h2-3,5,9H,1,4,12H2;1H. The lowest BCUT2D eigenvalue weighted by molar-refractivity contribution is 0.0948. The molecular weight excluding hydrogens is 265 g/mol. The number of carbonyl (C=O) groups excluding carboxylic acids is 1. The van der Waals surface area contributed by atoms with E-state index in [1.54, 1.807) is 0 Å². The van der Waals surface area contributed by atoms with Gasteiger partial charge in [-0.1, -0.05) is 15.9 Å². The molecule has 0 saturated heterocycles. The third-order valence-electron chi connectivity index (χ3n) is 2.39. The Hall–Kier alpha value is -0.380. The van der Waals surface area contributed by atoms with Gasteiger partial charge in [-0.25, -0.2) is 0 Å². The third-order valence-corrected chi connectivity index (χ3v) is 2.89. The van der Waals surface area contributed by atoms with Crippen LogP contribution in [-0.2, 0) is 6.42 Å². The van der Waals surface area contributed by atoms with Crippen LogP contribution in [0, 0.1) is 0 Å². The fourth-order valence-electron chi connectivity index (χ4n) is 1.65. The number of Topliss-reactive ketones (excluding diaryl/α,β-unsaturated/α-hetero) is 1. The van der Waals surface area contributed by atoms with Crippen LogP contribution in [0.15, 0.2) is 22.7 Å². The lowest BCUT2D eigenvalue weighted by Gasteiger charge is -2.19. The van der Waals surface area contributed by atoms with Gasteiger partial charge in [0.05, 0.1) is 6.04 Å². The molecule has 1 unspecified atom stereocenters. The van der Waals surface area contributed by atoms with E-state index in [9.17, 15) is 4.79 Å². The van der Waals surface area contributed by atoms with Crippen molar-refractivity contribution in [1.82, 2.24) is 0 Å². The van der Waals surface area contributed by atoms with Crippen LogP contribution in [0.2, 0.25) is 0 Å². The maximum absolute atomic E-state index is 11.6. The second-order valence-corrected chi connectivity index (χ2v) is 4.23. The Labute approximate surface area is 97.4 Å². The quantitative estimate of drug-likeness (QED) is 0.790. The van der Waals surface area contributed by atoms with Crippen molar-refractivity contribution in [3.8, 4) is 0 Å². The number of halogens is 2. The Morgan fingerprint density at radius 3 is 2.86 bits per heavy atom. The van der Waals surface area contributed by atoms with Gasteiger partial charge in [0, 0.05) is 10.0 Å². The molecule has 0 aromatic heterocycles. The van der Waals surface area contributed by atoms with Crippen LogP contribution in [0.4, 0.5) is 0 Å². The summed E-state index contributed by atoms with van der Waals surface area (Å²) in [5.74, 6) is 0.0775. The average molecular weight is 277 g/mol. The number of ketones is 1. The second kappa shape index (κ2) is 4.43. The lowest BCUT2D eigenvalue weighted by atomic mass is 9.88. The number of nitrogens with two attached hydrogens (primary N) is 1. The van der Waals surface area contributed by atoms with Gasteiger partial charge in [-0.15, -0.1) is 12.4 Å². The van der Waals surface area contributed by atoms with Crippen molar-refractivity contribution in [3.63, 3.8) is 0 Å². The number of benzene rings is 1. The largest absolute Gasteiger partial charge is 0.321 e. The molecule has 4 heteroatoms. The van der Waals surface area contributed by atoms with Gasteiger partial charge in [-0.3, -0.25) is 4.79 Å². The number of carbonyl (C=O) groups is 1. The van der Waals surface area contributed by atoms with Crippen molar-refractivity contribution >= 4 is 34.1 Å². The predicted molar refractivity (Wildman–Crippen MR) is 62.0 cm³/mol. The van der Waals surface area contributed by atoms with Crippen LogP contribution in [0.1, 0.15) is 22.3 Å². The van der Waals surface area contributed by atoms with E-state index in [1.165, 1.54) is 0 Å². The van der Waals surface area contributed by atoms with Gasteiger partial charge in [0.2, 0.25) is 0 Å². The van der Waals surface area contributed by atoms with Crippen molar-refractivity contribution in [1.29, 1.82) is 0 Å². The van der Waals surface area contributed by atoms with E-state index in [2.05, 4.69) is 15.9 Å². The zero-order valence-corrected chi connectivity index (χ0v) is 9.90. The summed E-state index contributed by atoms with van der Waals surface area (Å²) >= 11 is 3.38. The van der Waals surface area contributed by atoms with E-state index in [1.807, 2.05) is 18.2 Å². The molecule has 0 spiro atoms. The van der Waals surface area contributed by atoms with Gasteiger partial charge in [-0.05, 0) is 36.6 Å². The molecule has 0 radical (unpaired) electrons. The minimum Gasteiger partial charge on any atom is -0.321 e. The third kappa shape index (κ3) is 2.00. The molecule has 2 nitrogen and oxygen atoms in total. The summed E-state index contributed by atoms with van der Waals surface area (Å²) in [5.41, 5.74) is 7.58. The number of hydrogen-bond acceptors (Lipinski definition) is 2. The first kappa shape index (κ1) is 11.7. The SMILES string of the molecule is Cl.NC1CCc2cc(Br)ccc2C1=O. The number of rotatable bonds is 0. The summed E-state index contributed by atoms with van der Waals surface area (Å²) < 4.78 is 1.02. The normalized spacial score (nSPS) is 19.9. The number of aryl methyl sites for hydroxylation is 1. The molecule has 0 fully saturated rings. The molecular formula is C10H11BrClNO. The molecule has 0 bridgehead atoms. The molecule has 76 valence electrons. The van der Waals surface area contributed by atoms with Gasteiger partial charge in [-0.2, -0.15) is 0 Å². The van der Waals surface area contributed by atoms with Crippen LogP contribution >= 0.6 is 28.3 Å².